The third-order valence-electron chi connectivity index (χ3n) is 4.85. The average molecular weight is 422 g/mol. The van der Waals surface area contributed by atoms with Gasteiger partial charge in [0.05, 0.1) is 10.0 Å². The van der Waals surface area contributed by atoms with Gasteiger partial charge in [0.25, 0.3) is 0 Å². The predicted molar refractivity (Wildman–Crippen MR) is 122 cm³/mol. The average Bonchev–Trinajstić information content (AvgIpc) is 2.76. The van der Waals surface area contributed by atoms with Gasteiger partial charge < -0.3 is 10.1 Å². The predicted octanol–water partition coefficient (Wildman–Crippen LogP) is 7.02. The Morgan fingerprint density at radius 2 is 1.48 bits per heavy atom. The zero-order valence-corrected chi connectivity index (χ0v) is 17.4. The lowest BCUT2D eigenvalue weighted by atomic mass is 10.0. The van der Waals surface area contributed by atoms with Crippen LogP contribution < -0.4 is 10.1 Å². The summed E-state index contributed by atoms with van der Waals surface area (Å²) in [5.74, 6) is 0.871. The molecule has 146 valence electrons. The molecule has 0 amide bonds. The van der Waals surface area contributed by atoms with Gasteiger partial charge in [-0.05, 0) is 40.1 Å². The Hall–Kier alpha value is -2.52. The fourth-order valence-electron chi connectivity index (χ4n) is 3.35. The standard InChI is InChI=1S/C25H21Cl2NO/c26-23-12-10-19(14-24(23)27)17-29-25-13-11-20-8-4-5-9-21(20)22(25)16-28-15-18-6-2-1-3-7-18/h1-14,28H,15-17H2. The summed E-state index contributed by atoms with van der Waals surface area (Å²) in [6.07, 6.45) is 0. The Morgan fingerprint density at radius 3 is 2.31 bits per heavy atom. The number of nitrogens with one attached hydrogen (secondary N) is 1. The van der Waals surface area contributed by atoms with Crippen LogP contribution in [0.15, 0.2) is 84.9 Å². The van der Waals surface area contributed by atoms with E-state index in [-0.39, 0.29) is 0 Å². The van der Waals surface area contributed by atoms with Crippen LogP contribution in [-0.2, 0) is 19.7 Å². The highest BCUT2D eigenvalue weighted by atomic mass is 35.5. The van der Waals surface area contributed by atoms with Crippen molar-refractivity contribution in [2.75, 3.05) is 0 Å². The van der Waals surface area contributed by atoms with E-state index in [1.54, 1.807) is 6.07 Å². The van der Waals surface area contributed by atoms with E-state index in [4.69, 9.17) is 27.9 Å². The lowest BCUT2D eigenvalue weighted by Crippen LogP contribution is -2.14. The van der Waals surface area contributed by atoms with Gasteiger partial charge in [0, 0.05) is 18.7 Å². The van der Waals surface area contributed by atoms with E-state index in [0.717, 1.165) is 23.4 Å². The van der Waals surface area contributed by atoms with Gasteiger partial charge >= 0.3 is 0 Å². The van der Waals surface area contributed by atoms with E-state index < -0.39 is 0 Å². The molecule has 0 spiro atoms. The van der Waals surface area contributed by atoms with E-state index in [1.165, 1.54) is 16.3 Å². The summed E-state index contributed by atoms with van der Waals surface area (Å²) in [5.41, 5.74) is 3.39. The first-order valence-electron chi connectivity index (χ1n) is 9.53. The second-order valence-corrected chi connectivity index (χ2v) is 7.70. The van der Waals surface area contributed by atoms with Crippen LogP contribution in [-0.4, -0.2) is 0 Å². The van der Waals surface area contributed by atoms with Gasteiger partial charge in [-0.2, -0.15) is 0 Å². The van der Waals surface area contributed by atoms with E-state index >= 15 is 0 Å². The molecule has 0 aliphatic carbocycles. The summed E-state index contributed by atoms with van der Waals surface area (Å²) in [4.78, 5) is 0. The summed E-state index contributed by atoms with van der Waals surface area (Å²) in [6.45, 7) is 1.95. The van der Waals surface area contributed by atoms with Crippen molar-refractivity contribution in [2.24, 2.45) is 0 Å². The van der Waals surface area contributed by atoms with E-state index in [1.807, 2.05) is 24.3 Å². The molecule has 0 aliphatic rings. The summed E-state index contributed by atoms with van der Waals surface area (Å²) in [7, 11) is 0. The minimum Gasteiger partial charge on any atom is -0.489 e. The number of hydrogen-bond donors (Lipinski definition) is 1. The number of rotatable bonds is 7. The molecule has 0 radical (unpaired) electrons. The van der Waals surface area contributed by atoms with Crippen LogP contribution in [0.2, 0.25) is 10.0 Å². The Kier molecular flexibility index (Phi) is 6.36. The van der Waals surface area contributed by atoms with Gasteiger partial charge in [-0.3, -0.25) is 0 Å². The molecule has 0 unspecified atom stereocenters. The number of halogens is 2. The van der Waals surface area contributed by atoms with Crippen LogP contribution in [0.3, 0.4) is 0 Å². The number of fused-ring (bicyclic) bond motifs is 1. The molecule has 0 heterocycles. The summed E-state index contributed by atoms with van der Waals surface area (Å²) < 4.78 is 6.19. The third-order valence-corrected chi connectivity index (χ3v) is 5.59. The van der Waals surface area contributed by atoms with Crippen LogP contribution in [0.5, 0.6) is 5.75 Å². The van der Waals surface area contributed by atoms with Gasteiger partial charge in [0.1, 0.15) is 12.4 Å². The normalized spacial score (nSPS) is 11.0. The maximum atomic E-state index is 6.19. The first-order valence-corrected chi connectivity index (χ1v) is 10.3. The monoisotopic (exact) mass is 421 g/mol. The Balaban J connectivity index is 1.55. The second kappa shape index (κ2) is 9.32. The number of hydrogen-bond acceptors (Lipinski definition) is 2. The van der Waals surface area contributed by atoms with Gasteiger partial charge in [-0.15, -0.1) is 0 Å². The Bertz CT molecular complexity index is 1110. The first kappa shape index (κ1) is 19.8. The zero-order valence-electron chi connectivity index (χ0n) is 15.9. The summed E-state index contributed by atoms with van der Waals surface area (Å²) in [6, 6.07) is 28.5. The van der Waals surface area contributed by atoms with Crippen molar-refractivity contribution in [1.82, 2.24) is 5.32 Å². The van der Waals surface area contributed by atoms with Crippen molar-refractivity contribution >= 4 is 34.0 Å². The van der Waals surface area contributed by atoms with Gasteiger partial charge in [-0.1, -0.05) is 89.9 Å². The molecule has 4 aromatic rings. The first-order chi connectivity index (χ1) is 14.2. The van der Waals surface area contributed by atoms with E-state index in [2.05, 4.69) is 59.9 Å². The van der Waals surface area contributed by atoms with Crippen molar-refractivity contribution in [3.63, 3.8) is 0 Å². The zero-order chi connectivity index (χ0) is 20.1. The molecular weight excluding hydrogens is 401 g/mol. The van der Waals surface area contributed by atoms with Crippen molar-refractivity contribution in [2.45, 2.75) is 19.7 Å². The molecule has 0 saturated carbocycles. The largest absolute Gasteiger partial charge is 0.489 e. The molecule has 0 atom stereocenters. The lowest BCUT2D eigenvalue weighted by molar-refractivity contribution is 0.302. The smallest absolute Gasteiger partial charge is 0.124 e. The number of benzene rings is 4. The van der Waals surface area contributed by atoms with Gasteiger partial charge in [-0.25, -0.2) is 0 Å². The SMILES string of the molecule is Clc1ccc(COc2ccc3ccccc3c2CNCc2ccccc2)cc1Cl. The quantitative estimate of drug-likeness (QED) is 0.346. The third kappa shape index (κ3) is 4.91. The fraction of sp³-hybridized carbons (Fsp3) is 0.120. The minimum atomic E-state index is 0.431. The number of ether oxygens (including phenoxy) is 1. The maximum absolute atomic E-state index is 6.19. The molecule has 0 aromatic heterocycles. The molecule has 0 saturated heterocycles. The van der Waals surface area contributed by atoms with Crippen LogP contribution in [0, 0.1) is 0 Å². The molecule has 4 rings (SSSR count). The van der Waals surface area contributed by atoms with Crippen molar-refractivity contribution in [3.8, 4) is 5.75 Å². The van der Waals surface area contributed by atoms with Crippen molar-refractivity contribution in [1.29, 1.82) is 0 Å². The van der Waals surface area contributed by atoms with Crippen LogP contribution in [0.4, 0.5) is 0 Å². The fourth-order valence-corrected chi connectivity index (χ4v) is 3.67. The maximum Gasteiger partial charge on any atom is 0.124 e. The molecule has 4 aromatic carbocycles. The van der Waals surface area contributed by atoms with Gasteiger partial charge in [0.15, 0.2) is 0 Å². The highest BCUT2D eigenvalue weighted by Crippen LogP contribution is 2.29. The Morgan fingerprint density at radius 1 is 0.690 bits per heavy atom. The second-order valence-electron chi connectivity index (χ2n) is 6.89. The van der Waals surface area contributed by atoms with Crippen LogP contribution in [0.1, 0.15) is 16.7 Å². The molecule has 0 aliphatic heterocycles. The minimum absolute atomic E-state index is 0.431. The highest BCUT2D eigenvalue weighted by Gasteiger charge is 2.10. The Labute approximate surface area is 181 Å². The molecule has 0 bridgehead atoms. The van der Waals surface area contributed by atoms with E-state index in [9.17, 15) is 0 Å². The van der Waals surface area contributed by atoms with Crippen LogP contribution in [0.25, 0.3) is 10.8 Å². The molecule has 29 heavy (non-hydrogen) atoms. The highest BCUT2D eigenvalue weighted by molar-refractivity contribution is 6.42. The van der Waals surface area contributed by atoms with Crippen LogP contribution >= 0.6 is 23.2 Å². The van der Waals surface area contributed by atoms with Crippen molar-refractivity contribution < 1.29 is 4.74 Å². The summed E-state index contributed by atoms with van der Waals surface area (Å²) >= 11 is 12.1. The lowest BCUT2D eigenvalue weighted by Gasteiger charge is -2.15. The van der Waals surface area contributed by atoms with Gasteiger partial charge in [0.2, 0.25) is 0 Å². The molecule has 2 nitrogen and oxygen atoms in total. The topological polar surface area (TPSA) is 21.3 Å². The van der Waals surface area contributed by atoms with E-state index in [0.29, 0.717) is 23.2 Å². The molecule has 0 fully saturated rings. The molecular formula is C25H21Cl2NO. The molecule has 1 N–H and O–H groups in total. The van der Waals surface area contributed by atoms with Crippen molar-refractivity contribution in [3.05, 3.63) is 112 Å². The molecule has 4 heteroatoms. The summed E-state index contributed by atoms with van der Waals surface area (Å²) in [5, 5.41) is 7.03.